The molecule has 0 aliphatic carbocycles. The van der Waals surface area contributed by atoms with Crippen molar-refractivity contribution in [1.82, 2.24) is 4.98 Å². The third-order valence-electron chi connectivity index (χ3n) is 2.19. The number of nitrogens with zero attached hydrogens (tertiary/aromatic N) is 1. The SMILES string of the molecule is O=C(O)Cc1cnc(OC(F)(F)F)c(CBr)c1C(F)(F)F. The normalized spacial score (nSPS) is 12.3. The molecule has 11 heteroatoms. The quantitative estimate of drug-likeness (QED) is 0.640. The maximum Gasteiger partial charge on any atom is 0.574 e. The lowest BCUT2D eigenvalue weighted by atomic mass is 10.0. The number of pyridine rings is 1. The first-order valence-electron chi connectivity index (χ1n) is 5.07. The van der Waals surface area contributed by atoms with Crippen LogP contribution >= 0.6 is 15.9 Å². The Kier molecular flexibility index (Phi) is 5.07. The summed E-state index contributed by atoms with van der Waals surface area (Å²) < 4.78 is 78.8. The number of hydrogen-bond donors (Lipinski definition) is 1. The Bertz CT molecular complexity index is 543. The molecule has 0 aliphatic heterocycles. The van der Waals surface area contributed by atoms with Gasteiger partial charge >= 0.3 is 18.5 Å². The topological polar surface area (TPSA) is 59.4 Å². The average Bonchev–Trinajstić information content (AvgIpc) is 2.26. The number of ether oxygens (including phenoxy) is 1. The molecular weight excluding hydrogens is 376 g/mol. The van der Waals surface area contributed by atoms with Crippen LogP contribution < -0.4 is 4.74 Å². The fourth-order valence-electron chi connectivity index (χ4n) is 1.55. The van der Waals surface area contributed by atoms with E-state index in [0.29, 0.717) is 6.20 Å². The van der Waals surface area contributed by atoms with Crippen LogP contribution in [0.2, 0.25) is 0 Å². The summed E-state index contributed by atoms with van der Waals surface area (Å²) in [6.07, 6.45) is -10.9. The van der Waals surface area contributed by atoms with E-state index in [0.717, 1.165) is 0 Å². The highest BCUT2D eigenvalue weighted by molar-refractivity contribution is 9.08. The third kappa shape index (κ3) is 4.76. The molecule has 0 radical (unpaired) electrons. The summed E-state index contributed by atoms with van der Waals surface area (Å²) in [4.78, 5) is 13.7. The molecule has 0 atom stereocenters. The Labute approximate surface area is 121 Å². The molecule has 21 heavy (non-hydrogen) atoms. The number of carboxylic acids is 1. The van der Waals surface area contributed by atoms with E-state index in [1.807, 2.05) is 0 Å². The van der Waals surface area contributed by atoms with Gasteiger partial charge in [-0.3, -0.25) is 4.79 Å². The van der Waals surface area contributed by atoms with Gasteiger partial charge in [0.05, 0.1) is 12.0 Å². The van der Waals surface area contributed by atoms with Gasteiger partial charge in [-0.15, -0.1) is 13.2 Å². The van der Waals surface area contributed by atoms with E-state index in [1.54, 1.807) is 0 Å². The van der Waals surface area contributed by atoms with Crippen molar-refractivity contribution >= 4 is 21.9 Å². The molecule has 1 N–H and O–H groups in total. The minimum atomic E-state index is -5.22. The van der Waals surface area contributed by atoms with E-state index in [4.69, 9.17) is 5.11 Å². The first-order chi connectivity index (χ1) is 9.45. The molecule has 0 bridgehead atoms. The van der Waals surface area contributed by atoms with Crippen LogP contribution in [0.3, 0.4) is 0 Å². The summed E-state index contributed by atoms with van der Waals surface area (Å²) in [7, 11) is 0. The number of halogens is 7. The van der Waals surface area contributed by atoms with Gasteiger partial charge in [0.1, 0.15) is 0 Å². The molecule has 0 unspecified atom stereocenters. The van der Waals surface area contributed by atoms with Crippen LogP contribution in [0, 0.1) is 0 Å². The summed E-state index contributed by atoms with van der Waals surface area (Å²) in [5.41, 5.74) is -3.17. The predicted molar refractivity (Wildman–Crippen MR) is 59.9 cm³/mol. The zero-order valence-corrected chi connectivity index (χ0v) is 11.4. The number of hydrogen-bond acceptors (Lipinski definition) is 3. The van der Waals surface area contributed by atoms with Gasteiger partial charge < -0.3 is 9.84 Å². The van der Waals surface area contributed by atoms with E-state index in [1.165, 1.54) is 0 Å². The lowest BCUT2D eigenvalue weighted by Crippen LogP contribution is -2.22. The van der Waals surface area contributed by atoms with Gasteiger partial charge in [-0.05, 0) is 5.56 Å². The number of rotatable bonds is 4. The van der Waals surface area contributed by atoms with Gasteiger partial charge in [-0.2, -0.15) is 13.2 Å². The molecule has 1 aromatic heterocycles. The summed E-state index contributed by atoms with van der Waals surface area (Å²) in [5.74, 6) is -2.85. The van der Waals surface area contributed by atoms with E-state index in [2.05, 4.69) is 25.7 Å². The van der Waals surface area contributed by atoms with Crippen LogP contribution in [0.25, 0.3) is 0 Å². The highest BCUT2D eigenvalue weighted by Crippen LogP contribution is 2.40. The number of alkyl halides is 7. The molecule has 0 saturated carbocycles. The largest absolute Gasteiger partial charge is 0.574 e. The van der Waals surface area contributed by atoms with Crippen molar-refractivity contribution in [3.8, 4) is 5.88 Å². The predicted octanol–water partition coefficient (Wildman–Crippen LogP) is 3.52. The second-order valence-electron chi connectivity index (χ2n) is 3.69. The molecule has 0 spiro atoms. The lowest BCUT2D eigenvalue weighted by Gasteiger charge is -2.18. The van der Waals surface area contributed by atoms with Gasteiger partial charge in [0, 0.05) is 17.1 Å². The van der Waals surface area contributed by atoms with Crippen molar-refractivity contribution in [2.75, 3.05) is 0 Å². The molecule has 0 aliphatic rings. The van der Waals surface area contributed by atoms with Crippen LogP contribution in [-0.4, -0.2) is 22.4 Å². The van der Waals surface area contributed by atoms with Crippen molar-refractivity contribution < 1.29 is 41.0 Å². The Morgan fingerprint density at radius 3 is 2.24 bits per heavy atom. The molecule has 1 aromatic rings. The Morgan fingerprint density at radius 2 is 1.86 bits per heavy atom. The second kappa shape index (κ2) is 6.08. The van der Waals surface area contributed by atoms with Gasteiger partial charge in [-0.1, -0.05) is 15.9 Å². The van der Waals surface area contributed by atoms with Crippen molar-refractivity contribution in [3.63, 3.8) is 0 Å². The van der Waals surface area contributed by atoms with E-state index >= 15 is 0 Å². The summed E-state index contributed by atoms with van der Waals surface area (Å²) in [6.45, 7) is 0. The average molecular weight is 382 g/mol. The highest BCUT2D eigenvalue weighted by Gasteiger charge is 2.40. The maximum atomic E-state index is 13.0. The smallest absolute Gasteiger partial charge is 0.481 e. The van der Waals surface area contributed by atoms with Gasteiger partial charge in [0.2, 0.25) is 5.88 Å². The van der Waals surface area contributed by atoms with Gasteiger partial charge in [0.25, 0.3) is 0 Å². The molecule has 1 rings (SSSR count). The molecule has 4 nitrogen and oxygen atoms in total. The van der Waals surface area contributed by atoms with Crippen LogP contribution in [-0.2, 0) is 22.7 Å². The number of carboxylic acid groups (broad SMARTS) is 1. The second-order valence-corrected chi connectivity index (χ2v) is 4.25. The van der Waals surface area contributed by atoms with E-state index < -0.39 is 52.8 Å². The van der Waals surface area contributed by atoms with Crippen LogP contribution in [0.15, 0.2) is 6.20 Å². The van der Waals surface area contributed by atoms with Crippen molar-refractivity contribution in [2.24, 2.45) is 0 Å². The molecule has 0 fully saturated rings. The third-order valence-corrected chi connectivity index (χ3v) is 2.75. The van der Waals surface area contributed by atoms with E-state index in [-0.39, 0.29) is 0 Å². The zero-order chi connectivity index (χ0) is 16.4. The lowest BCUT2D eigenvalue weighted by molar-refractivity contribution is -0.276. The molecule has 0 aromatic carbocycles. The molecule has 0 saturated heterocycles. The Hall–Kier alpha value is -1.52. The summed E-state index contributed by atoms with van der Waals surface area (Å²) >= 11 is 2.62. The van der Waals surface area contributed by atoms with Gasteiger partial charge in [-0.25, -0.2) is 4.98 Å². The first-order valence-corrected chi connectivity index (χ1v) is 6.19. The molecule has 0 amide bonds. The number of aromatic nitrogens is 1. The highest BCUT2D eigenvalue weighted by atomic mass is 79.9. The fourth-order valence-corrected chi connectivity index (χ4v) is 2.07. The Balaban J connectivity index is 3.50. The maximum absolute atomic E-state index is 13.0. The van der Waals surface area contributed by atoms with Crippen molar-refractivity contribution in [2.45, 2.75) is 24.3 Å². The number of carbonyl (C=O) groups is 1. The summed E-state index contributed by atoms with van der Waals surface area (Å²) in [5, 5.41) is 7.91. The zero-order valence-electron chi connectivity index (χ0n) is 9.85. The van der Waals surface area contributed by atoms with Gasteiger partial charge in [0.15, 0.2) is 0 Å². The first kappa shape index (κ1) is 17.5. The van der Waals surface area contributed by atoms with Crippen LogP contribution in [0.4, 0.5) is 26.3 Å². The Morgan fingerprint density at radius 1 is 1.29 bits per heavy atom. The van der Waals surface area contributed by atoms with Crippen molar-refractivity contribution in [3.05, 3.63) is 22.9 Å². The fraction of sp³-hybridized carbons (Fsp3) is 0.400. The monoisotopic (exact) mass is 381 g/mol. The van der Waals surface area contributed by atoms with Crippen LogP contribution in [0.5, 0.6) is 5.88 Å². The minimum Gasteiger partial charge on any atom is -0.481 e. The van der Waals surface area contributed by atoms with E-state index in [9.17, 15) is 31.1 Å². The number of aliphatic carboxylic acids is 1. The minimum absolute atomic E-state index is 0.407. The molecule has 1 heterocycles. The van der Waals surface area contributed by atoms with Crippen LogP contribution in [0.1, 0.15) is 16.7 Å². The standard InChI is InChI=1S/C10H6BrF6NO3/c11-2-5-7(9(12,13)14)4(1-6(19)20)3-18-8(5)21-10(15,16)17/h3H,1-2H2,(H,19,20). The molecule has 118 valence electrons. The molecular formula is C10H6BrF6NO3. The van der Waals surface area contributed by atoms with Crippen molar-refractivity contribution in [1.29, 1.82) is 0 Å². The summed E-state index contributed by atoms with van der Waals surface area (Å²) in [6, 6.07) is 0.